The van der Waals surface area contributed by atoms with Gasteiger partial charge in [-0.2, -0.15) is 0 Å². The van der Waals surface area contributed by atoms with Crippen molar-refractivity contribution >= 4 is 28.7 Å². The molecule has 4 aromatic rings. The number of pyridine rings is 1. The predicted octanol–water partition coefficient (Wildman–Crippen LogP) is 3.91. The van der Waals surface area contributed by atoms with E-state index in [-0.39, 0.29) is 5.91 Å². The first-order valence-corrected chi connectivity index (χ1v) is 13.0. The molecule has 190 valence electrons. The molecule has 1 atom stereocenters. The Balaban J connectivity index is 1.10. The third kappa shape index (κ3) is 5.13. The second-order valence-electron chi connectivity index (χ2n) is 10.3. The number of nitrogens with two attached hydrogens (primary N) is 1. The zero-order valence-corrected chi connectivity index (χ0v) is 20.7. The summed E-state index contributed by atoms with van der Waals surface area (Å²) in [5, 5.41) is 14.8. The first-order chi connectivity index (χ1) is 18.1. The second-order valence-corrected chi connectivity index (χ2v) is 10.3. The zero-order valence-electron chi connectivity index (χ0n) is 20.7. The van der Waals surface area contributed by atoms with Crippen molar-refractivity contribution in [1.82, 2.24) is 24.9 Å². The number of imidazole rings is 1. The van der Waals surface area contributed by atoms with Crippen LogP contribution < -0.4 is 21.7 Å². The molecular weight excluding hydrogens is 464 g/mol. The van der Waals surface area contributed by atoms with Gasteiger partial charge in [-0.25, -0.2) is 9.50 Å². The highest BCUT2D eigenvalue weighted by Gasteiger charge is 2.54. The fourth-order valence-electron chi connectivity index (χ4n) is 5.41. The highest BCUT2D eigenvalue weighted by Crippen LogP contribution is 2.57. The number of rotatable bonds is 8. The number of fused-ring (bicyclic) bond motifs is 1. The van der Waals surface area contributed by atoms with Crippen molar-refractivity contribution in [1.29, 1.82) is 0 Å². The number of aromatic nitrogens is 4. The number of carbonyl (C=O) groups excluding carboxylic acids is 1. The van der Waals surface area contributed by atoms with E-state index in [0.29, 0.717) is 29.6 Å². The van der Waals surface area contributed by atoms with E-state index in [9.17, 15) is 4.79 Å². The smallest absolute Gasteiger partial charge is 0.251 e. The van der Waals surface area contributed by atoms with E-state index < -0.39 is 0 Å². The fourth-order valence-corrected chi connectivity index (χ4v) is 5.41. The van der Waals surface area contributed by atoms with Crippen molar-refractivity contribution < 1.29 is 4.79 Å². The summed E-state index contributed by atoms with van der Waals surface area (Å²) in [6.45, 7) is 0.572. The van der Waals surface area contributed by atoms with Crippen LogP contribution in [-0.2, 0) is 6.42 Å². The van der Waals surface area contributed by atoms with Crippen LogP contribution in [-0.4, -0.2) is 44.1 Å². The Kier molecular flexibility index (Phi) is 6.21. The van der Waals surface area contributed by atoms with Crippen molar-refractivity contribution in [3.8, 4) is 0 Å². The van der Waals surface area contributed by atoms with Crippen LogP contribution >= 0.6 is 0 Å². The lowest BCUT2D eigenvalue weighted by Crippen LogP contribution is -2.29. The lowest BCUT2D eigenvalue weighted by Gasteiger charge is -2.27. The molecule has 0 saturated heterocycles. The Hall–Kier alpha value is -3.98. The van der Waals surface area contributed by atoms with Crippen molar-refractivity contribution in [2.24, 2.45) is 11.1 Å². The number of hydrogen-bond donors (Lipinski definition) is 4. The Morgan fingerprint density at radius 2 is 1.86 bits per heavy atom. The summed E-state index contributed by atoms with van der Waals surface area (Å²) >= 11 is 0. The third-order valence-corrected chi connectivity index (χ3v) is 7.77. The maximum atomic E-state index is 12.6. The summed E-state index contributed by atoms with van der Waals surface area (Å²) in [6.07, 6.45) is 13.7. The number of nitrogens with zero attached hydrogens (tertiary/aromatic N) is 4. The van der Waals surface area contributed by atoms with Gasteiger partial charge in [0.2, 0.25) is 0 Å². The van der Waals surface area contributed by atoms with Crippen LogP contribution in [0.25, 0.3) is 5.65 Å². The minimum Gasteiger partial charge on any atom is -0.365 e. The van der Waals surface area contributed by atoms with Crippen LogP contribution in [0.15, 0.2) is 67.3 Å². The number of amides is 1. The minimum atomic E-state index is -0.0892. The molecule has 2 saturated carbocycles. The van der Waals surface area contributed by atoms with Gasteiger partial charge in [0.15, 0.2) is 5.65 Å². The molecule has 1 spiro atoms. The molecule has 2 fully saturated rings. The van der Waals surface area contributed by atoms with Crippen LogP contribution in [0.2, 0.25) is 0 Å². The lowest BCUT2D eigenvalue weighted by molar-refractivity contribution is 0.0954. The summed E-state index contributed by atoms with van der Waals surface area (Å²) in [4.78, 5) is 21.1. The number of carbonyl (C=O) groups is 1. The van der Waals surface area contributed by atoms with Gasteiger partial charge in [0.1, 0.15) is 5.82 Å². The van der Waals surface area contributed by atoms with Gasteiger partial charge in [-0.3, -0.25) is 9.78 Å². The van der Waals surface area contributed by atoms with E-state index in [0.717, 1.165) is 47.7 Å². The van der Waals surface area contributed by atoms with E-state index in [1.54, 1.807) is 23.1 Å². The molecular formula is C28H32N8O. The minimum absolute atomic E-state index is 0.0892. The van der Waals surface area contributed by atoms with E-state index in [4.69, 9.17) is 10.8 Å². The van der Waals surface area contributed by atoms with Gasteiger partial charge in [0, 0.05) is 60.7 Å². The topological polar surface area (TPSA) is 122 Å². The van der Waals surface area contributed by atoms with Crippen molar-refractivity contribution in [3.05, 3.63) is 78.4 Å². The first kappa shape index (κ1) is 23.4. The average Bonchev–Trinajstić information content (AvgIpc) is 3.33. The molecule has 37 heavy (non-hydrogen) atoms. The maximum absolute atomic E-state index is 12.6. The first-order valence-electron chi connectivity index (χ1n) is 13.0. The standard InChI is InChI=1S/C28H32N8O/c29-21-5-10-28(11-6-21)18-24(28)34-25-17-23(26-31-15-16-36(26)35-25)33-22-3-1-20(2-4-22)27(37)32-14-9-19-7-12-30-13-8-19/h1-4,7-8,12-13,15-17,21,24,33H,5-6,9-11,14,18,29H2,(H,32,37)(H,34,35). The molecule has 5 N–H and O–H groups in total. The number of anilines is 3. The SMILES string of the molecule is NC1CCC2(CC1)CC2Nc1cc(Nc2ccc(C(=O)NCCc3ccncc3)cc2)c2nccn2n1. The Morgan fingerprint density at radius 1 is 1.08 bits per heavy atom. The van der Waals surface area contributed by atoms with E-state index in [1.165, 1.54) is 19.3 Å². The molecule has 3 aromatic heterocycles. The van der Waals surface area contributed by atoms with Crippen LogP contribution in [0, 0.1) is 5.41 Å². The van der Waals surface area contributed by atoms with Crippen LogP contribution in [0.1, 0.15) is 48.0 Å². The van der Waals surface area contributed by atoms with Crippen LogP contribution in [0.5, 0.6) is 0 Å². The summed E-state index contributed by atoms with van der Waals surface area (Å²) in [5.74, 6) is 0.739. The van der Waals surface area contributed by atoms with Gasteiger partial charge < -0.3 is 21.7 Å². The molecule has 9 nitrogen and oxygen atoms in total. The van der Waals surface area contributed by atoms with Gasteiger partial charge >= 0.3 is 0 Å². The van der Waals surface area contributed by atoms with E-state index in [1.807, 2.05) is 48.7 Å². The lowest BCUT2D eigenvalue weighted by atomic mass is 9.83. The molecule has 2 aliphatic rings. The van der Waals surface area contributed by atoms with Gasteiger partial charge in [-0.15, -0.1) is 5.10 Å². The summed E-state index contributed by atoms with van der Waals surface area (Å²) in [6, 6.07) is 14.2. The number of benzene rings is 1. The highest BCUT2D eigenvalue weighted by atomic mass is 16.1. The Morgan fingerprint density at radius 3 is 2.65 bits per heavy atom. The zero-order chi connectivity index (χ0) is 25.2. The average molecular weight is 497 g/mol. The number of nitrogens with one attached hydrogen (secondary N) is 3. The highest BCUT2D eigenvalue weighted by molar-refractivity contribution is 5.94. The molecule has 9 heteroatoms. The largest absolute Gasteiger partial charge is 0.365 e. The van der Waals surface area contributed by atoms with E-state index >= 15 is 0 Å². The molecule has 1 unspecified atom stereocenters. The van der Waals surface area contributed by atoms with Gasteiger partial charge in [-0.05, 0) is 85.9 Å². The third-order valence-electron chi connectivity index (χ3n) is 7.77. The van der Waals surface area contributed by atoms with Gasteiger partial charge in [0.05, 0.1) is 5.69 Å². The molecule has 0 bridgehead atoms. The second kappa shape index (κ2) is 9.82. The summed E-state index contributed by atoms with van der Waals surface area (Å²) < 4.78 is 1.79. The molecule has 0 aliphatic heterocycles. The van der Waals surface area contributed by atoms with Crippen molar-refractivity contribution in [2.75, 3.05) is 17.2 Å². The molecule has 1 amide bonds. The van der Waals surface area contributed by atoms with Crippen molar-refractivity contribution in [2.45, 2.75) is 50.6 Å². The normalized spacial score (nSPS) is 22.6. The maximum Gasteiger partial charge on any atom is 0.251 e. The van der Waals surface area contributed by atoms with E-state index in [2.05, 4.69) is 25.9 Å². The molecule has 0 radical (unpaired) electrons. The summed E-state index contributed by atoms with van der Waals surface area (Å²) in [7, 11) is 0. The van der Waals surface area contributed by atoms with Gasteiger partial charge in [-0.1, -0.05) is 0 Å². The molecule has 1 aromatic carbocycles. The molecule has 3 heterocycles. The van der Waals surface area contributed by atoms with Crippen molar-refractivity contribution in [3.63, 3.8) is 0 Å². The monoisotopic (exact) mass is 496 g/mol. The molecule has 6 rings (SSSR count). The van der Waals surface area contributed by atoms with Crippen LogP contribution in [0.4, 0.5) is 17.2 Å². The fraction of sp³-hybridized carbons (Fsp3) is 0.357. The quantitative estimate of drug-likeness (QED) is 0.292. The number of hydrogen-bond acceptors (Lipinski definition) is 7. The molecule has 2 aliphatic carbocycles. The predicted molar refractivity (Wildman–Crippen MR) is 144 cm³/mol. The Labute approximate surface area is 215 Å². The van der Waals surface area contributed by atoms with Gasteiger partial charge in [0.25, 0.3) is 5.91 Å². The Bertz CT molecular complexity index is 1380. The summed E-state index contributed by atoms with van der Waals surface area (Å²) in [5.41, 5.74) is 10.7. The van der Waals surface area contributed by atoms with Crippen LogP contribution in [0.3, 0.4) is 0 Å².